The predicted molar refractivity (Wildman–Crippen MR) is 71.0 cm³/mol. The molecule has 1 N–H and O–H groups in total. The van der Waals surface area contributed by atoms with Gasteiger partial charge in [0.2, 0.25) is 5.91 Å². The molecule has 0 aliphatic carbocycles. The molecule has 0 bridgehead atoms. The van der Waals surface area contributed by atoms with Gasteiger partial charge >= 0.3 is 0 Å². The van der Waals surface area contributed by atoms with Crippen molar-refractivity contribution in [2.45, 2.75) is 39.3 Å². The molecule has 0 aromatic heterocycles. The standard InChI is InChI=1S/C15H21NO2/c1-4-15(2,3)14(18)16-10-12(17)13(16)11-8-6-5-7-9-11/h5-9,12-13,17H,4,10H2,1-3H3/t12-,13+/m0/s1. The van der Waals surface area contributed by atoms with Crippen molar-refractivity contribution in [1.82, 2.24) is 4.90 Å². The minimum atomic E-state index is -0.441. The normalized spacial score (nSPS) is 23.7. The highest BCUT2D eigenvalue weighted by Gasteiger charge is 2.45. The number of rotatable bonds is 3. The fourth-order valence-electron chi connectivity index (χ4n) is 2.29. The number of β-amino-alcohol motifs (C(OH)–C–C–N with tert-alkyl or cyclic N) is 1. The number of hydrogen-bond donors (Lipinski definition) is 1. The van der Waals surface area contributed by atoms with E-state index in [0.717, 1.165) is 12.0 Å². The van der Waals surface area contributed by atoms with E-state index >= 15 is 0 Å². The highest BCUT2D eigenvalue weighted by molar-refractivity contribution is 5.83. The molecule has 3 nitrogen and oxygen atoms in total. The van der Waals surface area contributed by atoms with Gasteiger partial charge in [0.15, 0.2) is 0 Å². The second kappa shape index (κ2) is 4.73. The molecule has 18 heavy (non-hydrogen) atoms. The Labute approximate surface area is 108 Å². The van der Waals surface area contributed by atoms with E-state index in [1.54, 1.807) is 4.90 Å². The molecule has 1 heterocycles. The summed E-state index contributed by atoms with van der Waals surface area (Å²) in [4.78, 5) is 14.2. The van der Waals surface area contributed by atoms with Crippen LogP contribution in [0.5, 0.6) is 0 Å². The topological polar surface area (TPSA) is 40.5 Å². The van der Waals surface area contributed by atoms with Crippen molar-refractivity contribution in [3.8, 4) is 0 Å². The van der Waals surface area contributed by atoms with E-state index < -0.39 is 6.10 Å². The zero-order valence-corrected chi connectivity index (χ0v) is 11.3. The first-order valence-electron chi connectivity index (χ1n) is 6.51. The van der Waals surface area contributed by atoms with Gasteiger partial charge in [0.1, 0.15) is 0 Å². The maximum absolute atomic E-state index is 12.4. The third-order valence-electron chi connectivity index (χ3n) is 3.95. The lowest BCUT2D eigenvalue weighted by Gasteiger charge is -2.48. The summed E-state index contributed by atoms with van der Waals surface area (Å²) in [5, 5.41) is 9.92. The van der Waals surface area contributed by atoms with Crippen LogP contribution in [0.1, 0.15) is 38.8 Å². The van der Waals surface area contributed by atoms with Crippen LogP contribution in [0.25, 0.3) is 0 Å². The van der Waals surface area contributed by atoms with Crippen LogP contribution in [-0.2, 0) is 4.79 Å². The Kier molecular flexibility index (Phi) is 3.44. The number of aliphatic hydroxyl groups is 1. The third-order valence-corrected chi connectivity index (χ3v) is 3.95. The molecule has 1 aromatic carbocycles. The van der Waals surface area contributed by atoms with Crippen molar-refractivity contribution in [2.75, 3.05) is 6.54 Å². The first-order valence-corrected chi connectivity index (χ1v) is 6.51. The fraction of sp³-hybridized carbons (Fsp3) is 0.533. The number of carbonyl (C=O) groups is 1. The van der Waals surface area contributed by atoms with Crippen molar-refractivity contribution in [2.24, 2.45) is 5.41 Å². The molecule has 0 radical (unpaired) electrons. The number of likely N-dealkylation sites (tertiary alicyclic amines) is 1. The fourth-order valence-corrected chi connectivity index (χ4v) is 2.29. The number of benzene rings is 1. The van der Waals surface area contributed by atoms with Gasteiger partial charge in [-0.3, -0.25) is 4.79 Å². The van der Waals surface area contributed by atoms with Gasteiger partial charge in [-0.2, -0.15) is 0 Å². The van der Waals surface area contributed by atoms with Gasteiger partial charge < -0.3 is 10.0 Å². The van der Waals surface area contributed by atoms with Crippen molar-refractivity contribution in [3.63, 3.8) is 0 Å². The quantitative estimate of drug-likeness (QED) is 0.890. The Bertz CT molecular complexity index is 427. The highest BCUT2D eigenvalue weighted by Crippen LogP contribution is 2.37. The van der Waals surface area contributed by atoms with Gasteiger partial charge in [-0.25, -0.2) is 0 Å². The molecule has 1 saturated heterocycles. The molecule has 0 spiro atoms. The van der Waals surface area contributed by atoms with Crippen LogP contribution < -0.4 is 0 Å². The molecule has 1 amide bonds. The summed E-state index contributed by atoms with van der Waals surface area (Å²) in [5.41, 5.74) is 0.657. The Balaban J connectivity index is 2.19. The molecule has 98 valence electrons. The molecular weight excluding hydrogens is 226 g/mol. The Morgan fingerprint density at radius 2 is 2.00 bits per heavy atom. The van der Waals surface area contributed by atoms with Gasteiger partial charge in [-0.05, 0) is 12.0 Å². The van der Waals surface area contributed by atoms with Crippen LogP contribution in [0.3, 0.4) is 0 Å². The summed E-state index contributed by atoms with van der Waals surface area (Å²) in [6.45, 7) is 6.39. The van der Waals surface area contributed by atoms with Crippen LogP contribution >= 0.6 is 0 Å². The summed E-state index contributed by atoms with van der Waals surface area (Å²) in [6.07, 6.45) is 0.365. The monoisotopic (exact) mass is 247 g/mol. The minimum absolute atomic E-state index is 0.129. The SMILES string of the molecule is CCC(C)(C)C(=O)N1C[C@H](O)[C@H]1c1ccccc1. The zero-order chi connectivity index (χ0) is 13.3. The Hall–Kier alpha value is -1.35. The van der Waals surface area contributed by atoms with Crippen LogP contribution in [0.4, 0.5) is 0 Å². The molecular formula is C15H21NO2. The summed E-state index contributed by atoms with van der Waals surface area (Å²) in [7, 11) is 0. The van der Waals surface area contributed by atoms with E-state index in [1.807, 2.05) is 51.1 Å². The zero-order valence-electron chi connectivity index (χ0n) is 11.3. The predicted octanol–water partition coefficient (Wildman–Crippen LogP) is 2.37. The maximum Gasteiger partial charge on any atom is 0.228 e. The van der Waals surface area contributed by atoms with E-state index in [-0.39, 0.29) is 17.4 Å². The molecule has 2 atom stereocenters. The van der Waals surface area contributed by atoms with Crippen molar-refractivity contribution < 1.29 is 9.90 Å². The lowest BCUT2D eigenvalue weighted by Crippen LogP contribution is -2.59. The van der Waals surface area contributed by atoms with Crippen LogP contribution in [0.2, 0.25) is 0 Å². The smallest absolute Gasteiger partial charge is 0.228 e. The van der Waals surface area contributed by atoms with Crippen LogP contribution in [0.15, 0.2) is 30.3 Å². The van der Waals surface area contributed by atoms with Crippen LogP contribution in [-0.4, -0.2) is 28.6 Å². The Morgan fingerprint density at radius 3 is 2.50 bits per heavy atom. The number of amides is 1. The number of aliphatic hydroxyl groups excluding tert-OH is 1. The molecule has 1 aliphatic rings. The van der Waals surface area contributed by atoms with Crippen LogP contribution in [0, 0.1) is 5.41 Å². The Morgan fingerprint density at radius 1 is 1.39 bits per heavy atom. The van der Waals surface area contributed by atoms with E-state index in [2.05, 4.69) is 0 Å². The van der Waals surface area contributed by atoms with E-state index in [4.69, 9.17) is 0 Å². The van der Waals surface area contributed by atoms with E-state index in [9.17, 15) is 9.90 Å². The average molecular weight is 247 g/mol. The molecule has 3 heteroatoms. The first-order chi connectivity index (χ1) is 8.47. The second-order valence-corrected chi connectivity index (χ2v) is 5.62. The van der Waals surface area contributed by atoms with Gasteiger partial charge in [0.05, 0.1) is 12.1 Å². The van der Waals surface area contributed by atoms with Gasteiger partial charge in [-0.1, -0.05) is 51.1 Å². The number of carbonyl (C=O) groups excluding carboxylic acids is 1. The summed E-state index contributed by atoms with van der Waals surface area (Å²) in [6, 6.07) is 9.57. The molecule has 1 aliphatic heterocycles. The second-order valence-electron chi connectivity index (χ2n) is 5.62. The largest absolute Gasteiger partial charge is 0.389 e. The van der Waals surface area contributed by atoms with Crippen molar-refractivity contribution >= 4 is 5.91 Å². The lowest BCUT2D eigenvalue weighted by atomic mass is 9.83. The number of hydrogen-bond acceptors (Lipinski definition) is 2. The number of nitrogens with zero attached hydrogens (tertiary/aromatic N) is 1. The summed E-state index contributed by atoms with van der Waals surface area (Å²) < 4.78 is 0. The molecule has 1 aromatic rings. The average Bonchev–Trinajstić information content (AvgIpc) is 2.36. The van der Waals surface area contributed by atoms with Gasteiger partial charge in [0, 0.05) is 12.0 Å². The molecule has 1 fully saturated rings. The first kappa shape index (κ1) is 13.1. The minimum Gasteiger partial charge on any atom is -0.389 e. The van der Waals surface area contributed by atoms with Crippen molar-refractivity contribution in [1.29, 1.82) is 0 Å². The van der Waals surface area contributed by atoms with Crippen molar-refractivity contribution in [3.05, 3.63) is 35.9 Å². The van der Waals surface area contributed by atoms with Gasteiger partial charge in [-0.15, -0.1) is 0 Å². The van der Waals surface area contributed by atoms with E-state index in [0.29, 0.717) is 6.54 Å². The molecule has 2 rings (SSSR count). The summed E-state index contributed by atoms with van der Waals surface area (Å²) >= 11 is 0. The summed E-state index contributed by atoms with van der Waals surface area (Å²) in [5.74, 6) is 0.129. The lowest BCUT2D eigenvalue weighted by molar-refractivity contribution is -0.161. The highest BCUT2D eigenvalue weighted by atomic mass is 16.3. The third kappa shape index (κ3) is 2.15. The maximum atomic E-state index is 12.4. The van der Waals surface area contributed by atoms with Gasteiger partial charge in [0.25, 0.3) is 0 Å². The van der Waals surface area contributed by atoms with E-state index in [1.165, 1.54) is 0 Å². The molecule has 0 saturated carbocycles. The molecule has 0 unspecified atom stereocenters.